The summed E-state index contributed by atoms with van der Waals surface area (Å²) in [6.07, 6.45) is 1.66. The summed E-state index contributed by atoms with van der Waals surface area (Å²) < 4.78 is 3.68. The topological polar surface area (TPSA) is 83.4 Å². The lowest BCUT2D eigenvalue weighted by Gasteiger charge is -2.38. The van der Waals surface area contributed by atoms with Crippen molar-refractivity contribution in [3.8, 4) is 0 Å². The third kappa shape index (κ3) is 2.75. The van der Waals surface area contributed by atoms with Crippen molar-refractivity contribution in [2.24, 2.45) is 11.3 Å². The molecule has 6 nitrogen and oxygen atoms in total. The Hall–Kier alpha value is -1.50. The maximum atomic E-state index is 12.2. The molecule has 0 saturated carbocycles. The quantitative estimate of drug-likeness (QED) is 0.909. The van der Waals surface area contributed by atoms with E-state index >= 15 is 0 Å². The van der Waals surface area contributed by atoms with Gasteiger partial charge >= 0.3 is 5.97 Å². The Bertz CT molecular complexity index is 473. The third-order valence-electron chi connectivity index (χ3n) is 3.86. The number of carbonyl (C=O) groups excluding carboxylic acids is 1. The van der Waals surface area contributed by atoms with Crippen LogP contribution >= 0.6 is 11.5 Å². The standard InChI is InChI=1S/C12H17N3O3S/c1-12(2,11(17)18)8-4-3-5-15(6-8)10(16)9-7-19-14-13-9/h7-8H,3-6H2,1-2H3,(H,17,18). The summed E-state index contributed by atoms with van der Waals surface area (Å²) >= 11 is 1.14. The number of carboxylic acids is 1. The highest BCUT2D eigenvalue weighted by atomic mass is 32.1. The summed E-state index contributed by atoms with van der Waals surface area (Å²) in [6, 6.07) is 0. The number of aromatic nitrogens is 2. The molecule has 0 aromatic carbocycles. The first-order valence-electron chi connectivity index (χ1n) is 6.22. The number of hydrogen-bond donors (Lipinski definition) is 1. The molecule has 7 heteroatoms. The summed E-state index contributed by atoms with van der Waals surface area (Å²) in [5.41, 5.74) is -0.474. The molecule has 1 aromatic heterocycles. The minimum absolute atomic E-state index is 0.0331. The Kier molecular flexibility index (Phi) is 3.84. The van der Waals surface area contributed by atoms with Crippen LogP contribution in [0, 0.1) is 11.3 Å². The van der Waals surface area contributed by atoms with Crippen molar-refractivity contribution < 1.29 is 14.7 Å². The zero-order valence-electron chi connectivity index (χ0n) is 11.0. The number of likely N-dealkylation sites (tertiary alicyclic amines) is 1. The minimum atomic E-state index is -0.820. The average Bonchev–Trinajstić information content (AvgIpc) is 2.91. The van der Waals surface area contributed by atoms with E-state index < -0.39 is 11.4 Å². The van der Waals surface area contributed by atoms with Crippen LogP contribution in [0.4, 0.5) is 0 Å². The zero-order valence-corrected chi connectivity index (χ0v) is 11.8. The SMILES string of the molecule is CC(C)(C(=O)O)C1CCCN(C(=O)c2csnn2)C1. The van der Waals surface area contributed by atoms with Crippen molar-refractivity contribution in [3.05, 3.63) is 11.1 Å². The third-order valence-corrected chi connectivity index (χ3v) is 4.36. The molecule has 19 heavy (non-hydrogen) atoms. The van der Waals surface area contributed by atoms with Crippen LogP contribution in [0.3, 0.4) is 0 Å². The summed E-state index contributed by atoms with van der Waals surface area (Å²) in [7, 11) is 0. The lowest BCUT2D eigenvalue weighted by atomic mass is 9.74. The number of piperidine rings is 1. The van der Waals surface area contributed by atoms with Crippen molar-refractivity contribution in [2.45, 2.75) is 26.7 Å². The Balaban J connectivity index is 2.09. The molecular weight excluding hydrogens is 266 g/mol. The molecule has 104 valence electrons. The molecule has 1 fully saturated rings. The van der Waals surface area contributed by atoms with Crippen LogP contribution in [-0.4, -0.2) is 44.6 Å². The molecule has 1 aliphatic heterocycles. The van der Waals surface area contributed by atoms with E-state index in [2.05, 4.69) is 9.59 Å². The predicted octanol–water partition coefficient (Wildman–Crippen LogP) is 1.50. The van der Waals surface area contributed by atoms with Crippen molar-refractivity contribution >= 4 is 23.4 Å². The monoisotopic (exact) mass is 283 g/mol. The Labute approximate surface area is 115 Å². The molecule has 0 spiro atoms. The largest absolute Gasteiger partial charge is 0.481 e. The fourth-order valence-electron chi connectivity index (χ4n) is 2.35. The summed E-state index contributed by atoms with van der Waals surface area (Å²) in [4.78, 5) is 25.2. The van der Waals surface area contributed by atoms with Gasteiger partial charge in [-0.05, 0) is 44.1 Å². The number of hydrogen-bond acceptors (Lipinski definition) is 5. The average molecular weight is 283 g/mol. The van der Waals surface area contributed by atoms with E-state index in [4.69, 9.17) is 0 Å². The Morgan fingerprint density at radius 1 is 1.53 bits per heavy atom. The van der Waals surface area contributed by atoms with Gasteiger partial charge in [-0.1, -0.05) is 4.49 Å². The molecule has 2 rings (SSSR count). The molecule has 1 atom stereocenters. The molecule has 0 bridgehead atoms. The van der Waals surface area contributed by atoms with Gasteiger partial charge in [0.25, 0.3) is 5.91 Å². The first-order chi connectivity index (χ1) is 8.93. The first-order valence-corrected chi connectivity index (χ1v) is 7.06. The van der Waals surface area contributed by atoms with Gasteiger partial charge < -0.3 is 10.0 Å². The van der Waals surface area contributed by atoms with Crippen LogP contribution in [0.2, 0.25) is 0 Å². The number of carboxylic acid groups (broad SMARTS) is 1. The second-order valence-corrected chi connectivity index (χ2v) is 6.02. The van der Waals surface area contributed by atoms with Crippen LogP contribution in [0.5, 0.6) is 0 Å². The van der Waals surface area contributed by atoms with E-state index in [0.29, 0.717) is 18.8 Å². The number of aliphatic carboxylic acids is 1. The molecule has 1 unspecified atom stereocenters. The Morgan fingerprint density at radius 3 is 2.84 bits per heavy atom. The van der Waals surface area contributed by atoms with Gasteiger partial charge in [-0.2, -0.15) is 0 Å². The van der Waals surface area contributed by atoms with Gasteiger partial charge in [0.05, 0.1) is 5.41 Å². The molecule has 1 amide bonds. The second-order valence-electron chi connectivity index (χ2n) is 5.41. The van der Waals surface area contributed by atoms with Gasteiger partial charge in [0.1, 0.15) is 0 Å². The lowest BCUT2D eigenvalue weighted by Crippen LogP contribution is -2.46. The molecule has 0 aliphatic carbocycles. The maximum absolute atomic E-state index is 12.2. The molecular formula is C12H17N3O3S. The van der Waals surface area contributed by atoms with Crippen molar-refractivity contribution in [3.63, 3.8) is 0 Å². The van der Waals surface area contributed by atoms with Gasteiger partial charge in [0.15, 0.2) is 5.69 Å². The number of nitrogens with zero attached hydrogens (tertiary/aromatic N) is 3. The van der Waals surface area contributed by atoms with E-state index in [-0.39, 0.29) is 11.8 Å². The van der Waals surface area contributed by atoms with Crippen LogP contribution in [0.1, 0.15) is 37.2 Å². The molecule has 1 aliphatic rings. The highest BCUT2D eigenvalue weighted by Gasteiger charge is 2.40. The van der Waals surface area contributed by atoms with E-state index in [1.807, 2.05) is 0 Å². The molecule has 1 N–H and O–H groups in total. The van der Waals surface area contributed by atoms with Gasteiger partial charge in [-0.15, -0.1) is 5.10 Å². The molecule has 0 radical (unpaired) electrons. The molecule has 2 heterocycles. The highest BCUT2D eigenvalue weighted by molar-refractivity contribution is 7.03. The summed E-state index contributed by atoms with van der Waals surface area (Å²) in [5, 5.41) is 14.7. The van der Waals surface area contributed by atoms with Crippen molar-refractivity contribution in [2.75, 3.05) is 13.1 Å². The lowest BCUT2D eigenvalue weighted by molar-refractivity contribution is -0.151. The number of rotatable bonds is 3. The fourth-order valence-corrected chi connectivity index (χ4v) is 2.78. The fraction of sp³-hybridized carbons (Fsp3) is 0.667. The molecule has 1 saturated heterocycles. The van der Waals surface area contributed by atoms with Crippen molar-refractivity contribution in [1.82, 2.24) is 14.5 Å². The van der Waals surface area contributed by atoms with Gasteiger partial charge in [-0.3, -0.25) is 9.59 Å². The minimum Gasteiger partial charge on any atom is -0.481 e. The smallest absolute Gasteiger partial charge is 0.309 e. The van der Waals surface area contributed by atoms with E-state index in [0.717, 1.165) is 24.4 Å². The predicted molar refractivity (Wildman–Crippen MR) is 70.0 cm³/mol. The summed E-state index contributed by atoms with van der Waals surface area (Å²) in [5.74, 6) is -1.00. The first kappa shape index (κ1) is 13.9. The van der Waals surface area contributed by atoms with Crippen LogP contribution < -0.4 is 0 Å². The van der Waals surface area contributed by atoms with Gasteiger partial charge in [0, 0.05) is 18.5 Å². The normalized spacial score (nSPS) is 20.3. The van der Waals surface area contributed by atoms with Crippen LogP contribution in [-0.2, 0) is 4.79 Å². The zero-order chi connectivity index (χ0) is 14.0. The Morgan fingerprint density at radius 2 is 2.26 bits per heavy atom. The van der Waals surface area contributed by atoms with E-state index in [1.54, 1.807) is 24.1 Å². The number of carbonyl (C=O) groups is 2. The van der Waals surface area contributed by atoms with E-state index in [1.165, 1.54) is 0 Å². The van der Waals surface area contributed by atoms with Crippen LogP contribution in [0.25, 0.3) is 0 Å². The second kappa shape index (κ2) is 5.24. The highest BCUT2D eigenvalue weighted by Crippen LogP contribution is 2.34. The number of amides is 1. The van der Waals surface area contributed by atoms with Crippen LogP contribution in [0.15, 0.2) is 5.38 Å². The maximum Gasteiger partial charge on any atom is 0.309 e. The summed E-state index contributed by atoms with van der Waals surface area (Å²) in [6.45, 7) is 4.56. The van der Waals surface area contributed by atoms with Crippen molar-refractivity contribution in [1.29, 1.82) is 0 Å². The molecule has 1 aromatic rings. The van der Waals surface area contributed by atoms with Gasteiger partial charge in [-0.25, -0.2) is 0 Å². The van der Waals surface area contributed by atoms with E-state index in [9.17, 15) is 14.7 Å². The van der Waals surface area contributed by atoms with Gasteiger partial charge in [0.2, 0.25) is 0 Å².